The van der Waals surface area contributed by atoms with E-state index in [1.54, 1.807) is 6.07 Å². The second kappa shape index (κ2) is 2.50. The van der Waals surface area contributed by atoms with Crippen molar-refractivity contribution in [2.45, 2.75) is 12.8 Å². The van der Waals surface area contributed by atoms with Gasteiger partial charge in [-0.15, -0.1) is 0 Å². The van der Waals surface area contributed by atoms with Crippen molar-refractivity contribution in [1.82, 2.24) is 0 Å². The van der Waals surface area contributed by atoms with Gasteiger partial charge in [0, 0.05) is 0 Å². The largest absolute Gasteiger partial charge is 0.207 e. The Hall–Kier alpha value is -1.11. The van der Waals surface area contributed by atoms with Crippen molar-refractivity contribution in [3.8, 4) is 0 Å². The molecular weight excluding hydrogens is 139 g/mol. The van der Waals surface area contributed by atoms with E-state index < -0.39 is 0 Å². The lowest BCUT2D eigenvalue weighted by Crippen LogP contribution is -1.96. The van der Waals surface area contributed by atoms with Crippen LogP contribution in [-0.4, -0.2) is 0 Å². The summed E-state index contributed by atoms with van der Waals surface area (Å²) in [7, 11) is 0. The van der Waals surface area contributed by atoms with Crippen LogP contribution in [0.25, 0.3) is 6.08 Å². The molecule has 0 N–H and O–H groups in total. The van der Waals surface area contributed by atoms with Crippen molar-refractivity contribution < 1.29 is 4.39 Å². The highest BCUT2D eigenvalue weighted by atomic mass is 19.1. The lowest BCUT2D eigenvalue weighted by atomic mass is 9.97. The van der Waals surface area contributed by atoms with Gasteiger partial charge in [0.25, 0.3) is 0 Å². The zero-order valence-corrected chi connectivity index (χ0v) is 6.18. The van der Waals surface area contributed by atoms with E-state index in [1.165, 1.54) is 6.07 Å². The minimum Gasteiger partial charge on any atom is -0.207 e. The quantitative estimate of drug-likeness (QED) is 0.530. The summed E-state index contributed by atoms with van der Waals surface area (Å²) < 4.78 is 13.0. The lowest BCUT2D eigenvalue weighted by molar-refractivity contribution is 0.608. The van der Waals surface area contributed by atoms with Crippen LogP contribution in [0.4, 0.5) is 4.39 Å². The molecule has 0 unspecified atom stereocenters. The highest BCUT2D eigenvalue weighted by Gasteiger charge is 2.07. The van der Waals surface area contributed by atoms with Gasteiger partial charge in [-0.25, -0.2) is 4.39 Å². The fraction of sp³-hybridized carbons (Fsp3) is 0.200. The van der Waals surface area contributed by atoms with Crippen molar-refractivity contribution in [3.05, 3.63) is 41.2 Å². The average molecular weight is 148 g/mol. The Kier molecular flexibility index (Phi) is 1.50. The van der Waals surface area contributed by atoms with Gasteiger partial charge in [-0.05, 0) is 30.0 Å². The van der Waals surface area contributed by atoms with Crippen LogP contribution in [-0.2, 0) is 6.42 Å². The van der Waals surface area contributed by atoms with E-state index in [2.05, 4.69) is 6.08 Å². The van der Waals surface area contributed by atoms with Crippen LogP contribution in [0.15, 0.2) is 24.3 Å². The highest BCUT2D eigenvalue weighted by molar-refractivity contribution is 5.56. The molecule has 56 valence electrons. The molecule has 0 aliphatic heterocycles. The highest BCUT2D eigenvalue weighted by Crippen LogP contribution is 2.21. The third-order valence-corrected chi connectivity index (χ3v) is 2.01. The van der Waals surface area contributed by atoms with Gasteiger partial charge in [-0.2, -0.15) is 0 Å². The van der Waals surface area contributed by atoms with Crippen molar-refractivity contribution in [2.24, 2.45) is 0 Å². The first kappa shape index (κ1) is 6.59. The van der Waals surface area contributed by atoms with Crippen molar-refractivity contribution in [3.63, 3.8) is 0 Å². The van der Waals surface area contributed by atoms with Crippen molar-refractivity contribution in [1.29, 1.82) is 0 Å². The molecule has 1 aliphatic rings. The fourth-order valence-electron chi connectivity index (χ4n) is 1.43. The number of rotatable bonds is 0. The van der Waals surface area contributed by atoms with Gasteiger partial charge in [0.2, 0.25) is 0 Å². The summed E-state index contributed by atoms with van der Waals surface area (Å²) in [4.78, 5) is 0. The molecule has 0 saturated carbocycles. The van der Waals surface area contributed by atoms with E-state index in [9.17, 15) is 4.39 Å². The Morgan fingerprint density at radius 3 is 3.00 bits per heavy atom. The Morgan fingerprint density at radius 2 is 2.18 bits per heavy atom. The first-order valence-electron chi connectivity index (χ1n) is 3.82. The molecule has 1 heteroatoms. The molecule has 1 aromatic carbocycles. The molecule has 0 saturated heterocycles. The average Bonchev–Trinajstić information content (AvgIpc) is 2.06. The Labute approximate surface area is 65.4 Å². The SMILES string of the molecule is Fc1cccc2c1CCC=C2. The van der Waals surface area contributed by atoms with E-state index in [0.717, 1.165) is 24.0 Å². The molecule has 0 aromatic heterocycles. The summed E-state index contributed by atoms with van der Waals surface area (Å²) >= 11 is 0. The molecule has 2 rings (SSSR count). The van der Waals surface area contributed by atoms with Crippen molar-refractivity contribution >= 4 is 6.08 Å². The van der Waals surface area contributed by atoms with Gasteiger partial charge in [0.15, 0.2) is 0 Å². The number of hydrogen-bond donors (Lipinski definition) is 0. The maximum absolute atomic E-state index is 13.0. The van der Waals surface area contributed by atoms with Crippen LogP contribution in [0.2, 0.25) is 0 Å². The van der Waals surface area contributed by atoms with Crippen LogP contribution >= 0.6 is 0 Å². The molecular formula is C10H9F. The lowest BCUT2D eigenvalue weighted by Gasteiger charge is -2.09. The van der Waals surface area contributed by atoms with E-state index in [4.69, 9.17) is 0 Å². The maximum Gasteiger partial charge on any atom is 0.127 e. The third-order valence-electron chi connectivity index (χ3n) is 2.01. The first-order chi connectivity index (χ1) is 5.38. The third kappa shape index (κ3) is 1.07. The summed E-state index contributed by atoms with van der Waals surface area (Å²) in [6.07, 6.45) is 5.89. The molecule has 11 heavy (non-hydrogen) atoms. The van der Waals surface area contributed by atoms with Crippen LogP contribution in [0, 0.1) is 5.82 Å². The fourth-order valence-corrected chi connectivity index (χ4v) is 1.43. The molecule has 0 radical (unpaired) electrons. The van der Waals surface area contributed by atoms with Crippen LogP contribution < -0.4 is 0 Å². The number of benzene rings is 1. The summed E-state index contributed by atoms with van der Waals surface area (Å²) in [6.45, 7) is 0. The number of allylic oxidation sites excluding steroid dienone is 1. The van der Waals surface area contributed by atoms with E-state index in [-0.39, 0.29) is 5.82 Å². The zero-order chi connectivity index (χ0) is 7.68. The molecule has 0 bridgehead atoms. The predicted molar refractivity (Wildman–Crippen MR) is 43.8 cm³/mol. The Bertz CT molecular complexity index is 300. The molecule has 0 nitrogen and oxygen atoms in total. The number of hydrogen-bond acceptors (Lipinski definition) is 0. The Morgan fingerprint density at radius 1 is 1.27 bits per heavy atom. The maximum atomic E-state index is 13.0. The van der Waals surface area contributed by atoms with Gasteiger partial charge in [0.1, 0.15) is 5.82 Å². The standard InChI is InChI=1S/C10H9F/c11-10-7-3-5-8-4-1-2-6-9(8)10/h1,3-5,7H,2,6H2. The second-order valence-corrected chi connectivity index (χ2v) is 2.75. The summed E-state index contributed by atoms with van der Waals surface area (Å²) in [5, 5.41) is 0. The molecule has 0 heterocycles. The molecule has 0 atom stereocenters. The first-order valence-corrected chi connectivity index (χ1v) is 3.82. The zero-order valence-electron chi connectivity index (χ0n) is 6.18. The number of halogens is 1. The molecule has 0 amide bonds. The smallest absolute Gasteiger partial charge is 0.127 e. The normalized spacial score (nSPS) is 14.6. The van der Waals surface area contributed by atoms with Crippen LogP contribution in [0.3, 0.4) is 0 Å². The van der Waals surface area contributed by atoms with Gasteiger partial charge >= 0.3 is 0 Å². The van der Waals surface area contributed by atoms with E-state index in [0.29, 0.717) is 0 Å². The van der Waals surface area contributed by atoms with Crippen molar-refractivity contribution in [2.75, 3.05) is 0 Å². The second-order valence-electron chi connectivity index (χ2n) is 2.75. The molecule has 1 aliphatic carbocycles. The number of fused-ring (bicyclic) bond motifs is 1. The molecule has 1 aromatic rings. The van der Waals surface area contributed by atoms with Crippen LogP contribution in [0.1, 0.15) is 17.5 Å². The predicted octanol–water partition coefficient (Wildman–Crippen LogP) is 2.79. The summed E-state index contributed by atoms with van der Waals surface area (Å²) in [6, 6.07) is 5.23. The van der Waals surface area contributed by atoms with E-state index in [1.807, 2.05) is 12.1 Å². The molecule has 0 spiro atoms. The minimum absolute atomic E-state index is 0.0631. The van der Waals surface area contributed by atoms with Crippen LogP contribution in [0.5, 0.6) is 0 Å². The van der Waals surface area contributed by atoms with E-state index >= 15 is 0 Å². The molecule has 0 fully saturated rings. The summed E-state index contributed by atoms with van der Waals surface area (Å²) in [5.41, 5.74) is 1.91. The monoisotopic (exact) mass is 148 g/mol. The summed E-state index contributed by atoms with van der Waals surface area (Å²) in [5.74, 6) is -0.0631. The van der Waals surface area contributed by atoms with Gasteiger partial charge < -0.3 is 0 Å². The van der Waals surface area contributed by atoms with Gasteiger partial charge in [-0.3, -0.25) is 0 Å². The Balaban J connectivity index is 2.60. The van der Waals surface area contributed by atoms with Gasteiger partial charge in [-0.1, -0.05) is 24.3 Å². The topological polar surface area (TPSA) is 0 Å². The van der Waals surface area contributed by atoms with Gasteiger partial charge in [0.05, 0.1) is 0 Å². The minimum atomic E-state index is -0.0631.